The molecule has 34 heavy (non-hydrogen) atoms. The number of hydrogen-bond donors (Lipinski definition) is 1. The lowest BCUT2D eigenvalue weighted by atomic mass is 10.2. The smallest absolute Gasteiger partial charge is 0.294 e. The van der Waals surface area contributed by atoms with Crippen molar-refractivity contribution >= 4 is 68.1 Å². The highest BCUT2D eigenvalue weighted by Gasteiger charge is 2.36. The molecule has 1 aliphatic heterocycles. The minimum Gasteiger partial charge on any atom is -0.488 e. The molecule has 0 atom stereocenters. The topological polar surface area (TPSA) is 75.7 Å². The van der Waals surface area contributed by atoms with Gasteiger partial charge in [-0.05, 0) is 69.7 Å². The number of nitrogens with zero attached hydrogens (tertiary/aromatic N) is 1. The number of halogens is 2. The lowest BCUT2D eigenvalue weighted by Crippen LogP contribution is -2.36. The van der Waals surface area contributed by atoms with Gasteiger partial charge in [-0.15, -0.1) is 0 Å². The van der Waals surface area contributed by atoms with Gasteiger partial charge in [-0.1, -0.05) is 54.1 Å². The van der Waals surface area contributed by atoms with Crippen molar-refractivity contribution in [1.82, 2.24) is 4.90 Å². The van der Waals surface area contributed by atoms with E-state index < -0.39 is 17.1 Å². The molecule has 1 saturated heterocycles. The number of imide groups is 1. The summed E-state index contributed by atoms with van der Waals surface area (Å²) in [6.45, 7) is -0.0447. The Kier molecular flexibility index (Phi) is 7.72. The predicted octanol–water partition coefficient (Wildman–Crippen LogP) is 6.36. The molecule has 9 heteroatoms. The zero-order valence-corrected chi connectivity index (χ0v) is 20.8. The van der Waals surface area contributed by atoms with Crippen LogP contribution in [-0.2, 0) is 16.2 Å². The Morgan fingerprint density at radius 2 is 1.79 bits per heavy atom. The first-order valence-electron chi connectivity index (χ1n) is 10.2. The summed E-state index contributed by atoms with van der Waals surface area (Å²) >= 11 is 10.5. The van der Waals surface area contributed by atoms with Gasteiger partial charge in [0.1, 0.15) is 18.9 Å². The average molecular weight is 558 g/mol. The molecular weight excluding hydrogens is 540 g/mol. The van der Waals surface area contributed by atoms with E-state index >= 15 is 0 Å². The van der Waals surface area contributed by atoms with E-state index in [1.165, 1.54) is 0 Å². The molecule has 3 amide bonds. The highest BCUT2D eigenvalue weighted by atomic mass is 79.9. The molecule has 0 aliphatic carbocycles. The monoisotopic (exact) mass is 556 g/mol. The molecule has 1 aliphatic rings. The summed E-state index contributed by atoms with van der Waals surface area (Å²) in [5.41, 5.74) is 2.16. The van der Waals surface area contributed by atoms with Crippen LogP contribution in [0.3, 0.4) is 0 Å². The second kappa shape index (κ2) is 10.9. The van der Waals surface area contributed by atoms with Crippen molar-refractivity contribution in [3.8, 4) is 5.75 Å². The number of para-hydroxylation sites is 1. The lowest BCUT2D eigenvalue weighted by molar-refractivity contribution is -0.127. The van der Waals surface area contributed by atoms with Crippen LogP contribution in [0.15, 0.2) is 82.2 Å². The third-order valence-electron chi connectivity index (χ3n) is 4.83. The van der Waals surface area contributed by atoms with E-state index in [-0.39, 0.29) is 11.4 Å². The van der Waals surface area contributed by atoms with E-state index in [0.29, 0.717) is 33.1 Å². The Morgan fingerprint density at radius 1 is 1.06 bits per heavy atom. The van der Waals surface area contributed by atoms with Gasteiger partial charge >= 0.3 is 0 Å². The van der Waals surface area contributed by atoms with Crippen molar-refractivity contribution in [3.05, 3.63) is 98.3 Å². The first-order valence-corrected chi connectivity index (χ1v) is 12.2. The number of carbonyl (C=O) groups is 3. The normalized spacial score (nSPS) is 14.5. The van der Waals surface area contributed by atoms with Crippen molar-refractivity contribution in [2.75, 3.05) is 11.9 Å². The number of nitrogens with one attached hydrogen (secondary N) is 1. The fourth-order valence-corrected chi connectivity index (χ4v) is 4.69. The van der Waals surface area contributed by atoms with Gasteiger partial charge < -0.3 is 10.1 Å². The van der Waals surface area contributed by atoms with Gasteiger partial charge in [0.2, 0.25) is 5.91 Å². The number of anilines is 1. The zero-order valence-electron chi connectivity index (χ0n) is 17.7. The van der Waals surface area contributed by atoms with Crippen LogP contribution in [0.25, 0.3) is 6.08 Å². The van der Waals surface area contributed by atoms with Crippen LogP contribution in [-0.4, -0.2) is 28.5 Å². The second-order valence-corrected chi connectivity index (χ2v) is 9.51. The Hall–Kier alpha value is -3.07. The van der Waals surface area contributed by atoms with Crippen molar-refractivity contribution in [1.29, 1.82) is 0 Å². The minimum atomic E-state index is -0.506. The van der Waals surface area contributed by atoms with E-state index in [9.17, 15) is 14.4 Å². The maximum Gasteiger partial charge on any atom is 0.294 e. The van der Waals surface area contributed by atoms with Gasteiger partial charge in [-0.2, -0.15) is 0 Å². The maximum atomic E-state index is 12.7. The van der Waals surface area contributed by atoms with Crippen LogP contribution in [0.5, 0.6) is 5.75 Å². The summed E-state index contributed by atoms with van der Waals surface area (Å²) < 4.78 is 6.54. The number of carbonyl (C=O) groups excluding carboxylic acids is 3. The quantitative estimate of drug-likeness (QED) is 0.342. The van der Waals surface area contributed by atoms with E-state index in [2.05, 4.69) is 21.2 Å². The average Bonchev–Trinajstić information content (AvgIpc) is 3.07. The molecular formula is C25H18BrClN2O4S. The molecule has 172 valence electrons. The van der Waals surface area contributed by atoms with Gasteiger partial charge in [0.15, 0.2) is 0 Å². The maximum absolute atomic E-state index is 12.7. The first-order chi connectivity index (χ1) is 16.4. The fourth-order valence-electron chi connectivity index (χ4n) is 3.15. The molecule has 6 nitrogen and oxygen atoms in total. The summed E-state index contributed by atoms with van der Waals surface area (Å²) in [4.78, 5) is 38.5. The summed E-state index contributed by atoms with van der Waals surface area (Å²) in [5, 5.41) is 2.81. The van der Waals surface area contributed by atoms with Crippen LogP contribution in [0.4, 0.5) is 10.5 Å². The van der Waals surface area contributed by atoms with Crippen molar-refractivity contribution in [2.24, 2.45) is 0 Å². The molecule has 0 aromatic heterocycles. The second-order valence-electron chi connectivity index (χ2n) is 7.25. The molecule has 1 N–H and O–H groups in total. The van der Waals surface area contributed by atoms with Gasteiger partial charge in [-0.25, -0.2) is 0 Å². The number of thioether (sulfide) groups is 1. The highest BCUT2D eigenvalue weighted by Crippen LogP contribution is 2.34. The standard InChI is InChI=1S/C25H18BrClN2O4S/c26-19-12-16(10-11-21(19)33-15-17-6-4-5-9-20(17)27)13-22-24(31)29(25(32)34-22)14-23(30)28-18-7-2-1-3-8-18/h1-13H,14-15H2,(H,28,30)/b22-13-. The van der Waals surface area contributed by atoms with E-state index in [1.807, 2.05) is 24.3 Å². The summed E-state index contributed by atoms with van der Waals surface area (Å²) in [5.74, 6) is -0.339. The van der Waals surface area contributed by atoms with Crippen LogP contribution in [0, 0.1) is 0 Å². The number of amides is 3. The van der Waals surface area contributed by atoms with Crippen LogP contribution >= 0.6 is 39.3 Å². The number of ether oxygens (including phenoxy) is 1. The molecule has 0 bridgehead atoms. The largest absolute Gasteiger partial charge is 0.488 e. The molecule has 1 fully saturated rings. The molecule has 0 radical (unpaired) electrons. The number of benzene rings is 3. The SMILES string of the molecule is O=C(CN1C(=O)S/C(=C\c2ccc(OCc3ccccc3Cl)c(Br)c2)C1=O)Nc1ccccc1. The number of hydrogen-bond acceptors (Lipinski definition) is 5. The van der Waals surface area contributed by atoms with Gasteiger partial charge in [0.05, 0.1) is 9.38 Å². The summed E-state index contributed by atoms with van der Waals surface area (Å²) in [7, 11) is 0. The van der Waals surface area contributed by atoms with Crippen LogP contribution in [0.1, 0.15) is 11.1 Å². The molecule has 4 rings (SSSR count). The van der Waals surface area contributed by atoms with Crippen molar-refractivity contribution < 1.29 is 19.1 Å². The Bertz CT molecular complexity index is 1280. The van der Waals surface area contributed by atoms with E-state index in [1.54, 1.807) is 54.6 Å². The molecule has 3 aromatic carbocycles. The first kappa shape index (κ1) is 24.1. The Labute approximate surface area is 214 Å². The van der Waals surface area contributed by atoms with Gasteiger partial charge in [0.25, 0.3) is 11.1 Å². The summed E-state index contributed by atoms with van der Waals surface area (Å²) in [6, 6.07) is 21.6. The predicted molar refractivity (Wildman–Crippen MR) is 138 cm³/mol. The molecule has 1 heterocycles. The molecule has 3 aromatic rings. The van der Waals surface area contributed by atoms with E-state index in [0.717, 1.165) is 22.2 Å². The van der Waals surface area contributed by atoms with Gasteiger partial charge in [-0.3, -0.25) is 19.3 Å². The Balaban J connectivity index is 1.41. The molecule has 0 saturated carbocycles. The number of rotatable bonds is 7. The van der Waals surface area contributed by atoms with Crippen LogP contribution < -0.4 is 10.1 Å². The summed E-state index contributed by atoms with van der Waals surface area (Å²) in [6.07, 6.45) is 1.61. The third kappa shape index (κ3) is 5.88. The highest BCUT2D eigenvalue weighted by molar-refractivity contribution is 9.10. The van der Waals surface area contributed by atoms with Crippen molar-refractivity contribution in [3.63, 3.8) is 0 Å². The lowest BCUT2D eigenvalue weighted by Gasteiger charge is -2.12. The fraction of sp³-hybridized carbons (Fsp3) is 0.0800. The van der Waals surface area contributed by atoms with Gasteiger partial charge in [0, 0.05) is 16.3 Å². The van der Waals surface area contributed by atoms with E-state index in [4.69, 9.17) is 16.3 Å². The third-order valence-corrected chi connectivity index (χ3v) is 6.72. The van der Waals surface area contributed by atoms with Crippen LogP contribution in [0.2, 0.25) is 5.02 Å². The Morgan fingerprint density at radius 3 is 2.53 bits per heavy atom. The molecule has 0 spiro atoms. The molecule has 0 unspecified atom stereocenters. The van der Waals surface area contributed by atoms with Crippen molar-refractivity contribution in [2.45, 2.75) is 6.61 Å². The minimum absolute atomic E-state index is 0.245. The zero-order chi connectivity index (χ0) is 24.1.